The van der Waals surface area contributed by atoms with Crippen LogP contribution in [-0.2, 0) is 9.47 Å². The summed E-state index contributed by atoms with van der Waals surface area (Å²) in [5.41, 5.74) is 0.220. The highest BCUT2D eigenvalue weighted by atomic mass is 16.7. The highest BCUT2D eigenvalue weighted by Crippen LogP contribution is 2.29. The molecule has 100 valence electrons. The molecular weight excluding hydrogens is 216 g/mol. The molecule has 1 unspecified atom stereocenters. The minimum absolute atomic E-state index is 0.00685. The molecule has 1 fully saturated rings. The molecule has 0 bridgehead atoms. The second-order valence-electron chi connectivity index (χ2n) is 5.83. The van der Waals surface area contributed by atoms with Crippen molar-refractivity contribution >= 4 is 6.21 Å². The summed E-state index contributed by atoms with van der Waals surface area (Å²) in [5, 5.41) is 6.20. The third kappa shape index (κ3) is 5.50. The van der Waals surface area contributed by atoms with E-state index in [1.165, 1.54) is 0 Å². The number of hydrazone groups is 1. The van der Waals surface area contributed by atoms with E-state index in [-0.39, 0.29) is 11.7 Å². The van der Waals surface area contributed by atoms with Crippen LogP contribution in [0.25, 0.3) is 0 Å². The quantitative estimate of drug-likeness (QED) is 0.548. The van der Waals surface area contributed by atoms with Gasteiger partial charge >= 0.3 is 0 Å². The van der Waals surface area contributed by atoms with Crippen LogP contribution in [0, 0.1) is 11.3 Å². The Morgan fingerprint density at radius 2 is 1.88 bits per heavy atom. The molecule has 1 aliphatic heterocycles. The molecule has 17 heavy (non-hydrogen) atoms. The van der Waals surface area contributed by atoms with Crippen molar-refractivity contribution in [2.45, 2.75) is 39.9 Å². The van der Waals surface area contributed by atoms with E-state index in [1.54, 1.807) is 0 Å². The first kappa shape index (κ1) is 14.5. The molecular formula is C13H26N2O2. The number of rotatable bonds is 5. The summed E-state index contributed by atoms with van der Waals surface area (Å²) < 4.78 is 10.9. The van der Waals surface area contributed by atoms with Gasteiger partial charge in [0.1, 0.15) is 0 Å². The normalized spacial score (nSPS) is 20.1. The van der Waals surface area contributed by atoms with Crippen molar-refractivity contribution in [1.29, 1.82) is 0 Å². The molecule has 0 radical (unpaired) electrons. The fourth-order valence-corrected chi connectivity index (χ4v) is 1.83. The van der Waals surface area contributed by atoms with Gasteiger partial charge in [-0.1, -0.05) is 20.8 Å². The third-order valence-electron chi connectivity index (χ3n) is 2.99. The smallest absolute Gasteiger partial charge is 0.157 e. The highest BCUT2D eigenvalue weighted by molar-refractivity contribution is 5.61. The molecule has 4 nitrogen and oxygen atoms in total. The van der Waals surface area contributed by atoms with E-state index in [0.717, 1.165) is 26.1 Å². The Morgan fingerprint density at radius 3 is 2.35 bits per heavy atom. The lowest BCUT2D eigenvalue weighted by molar-refractivity contribution is -0.0506. The summed E-state index contributed by atoms with van der Waals surface area (Å²) in [4.78, 5) is 0. The monoisotopic (exact) mass is 242 g/mol. The van der Waals surface area contributed by atoms with Crippen LogP contribution in [0.5, 0.6) is 0 Å². The molecule has 0 aliphatic carbocycles. The molecule has 4 heteroatoms. The van der Waals surface area contributed by atoms with Gasteiger partial charge in [-0.25, -0.2) is 0 Å². The second-order valence-corrected chi connectivity index (χ2v) is 5.83. The van der Waals surface area contributed by atoms with Crippen LogP contribution < -0.4 is 0 Å². The maximum Gasteiger partial charge on any atom is 0.157 e. The van der Waals surface area contributed by atoms with E-state index in [4.69, 9.17) is 9.47 Å². The average Bonchev–Trinajstić information content (AvgIpc) is 2.67. The fourth-order valence-electron chi connectivity index (χ4n) is 1.83. The van der Waals surface area contributed by atoms with Gasteiger partial charge in [-0.2, -0.15) is 5.10 Å². The molecule has 1 saturated heterocycles. The van der Waals surface area contributed by atoms with Gasteiger partial charge in [0, 0.05) is 26.2 Å². The van der Waals surface area contributed by atoms with Crippen molar-refractivity contribution in [1.82, 2.24) is 5.01 Å². The van der Waals surface area contributed by atoms with E-state index in [1.807, 2.05) is 19.1 Å². The van der Waals surface area contributed by atoms with Crippen LogP contribution in [-0.4, -0.2) is 44.8 Å². The Hall–Kier alpha value is -0.610. The van der Waals surface area contributed by atoms with E-state index in [2.05, 4.69) is 32.1 Å². The molecule has 0 spiro atoms. The maximum absolute atomic E-state index is 5.46. The Morgan fingerprint density at radius 1 is 1.29 bits per heavy atom. The van der Waals surface area contributed by atoms with Crippen molar-refractivity contribution in [2.24, 2.45) is 16.4 Å². The van der Waals surface area contributed by atoms with Gasteiger partial charge < -0.3 is 14.5 Å². The molecule has 0 aromatic carbocycles. The molecule has 1 atom stereocenters. The van der Waals surface area contributed by atoms with Crippen LogP contribution >= 0.6 is 0 Å². The number of hydrogen-bond acceptors (Lipinski definition) is 4. The van der Waals surface area contributed by atoms with E-state index in [0.29, 0.717) is 5.92 Å². The van der Waals surface area contributed by atoms with Gasteiger partial charge in [0.15, 0.2) is 6.29 Å². The van der Waals surface area contributed by atoms with Gasteiger partial charge in [-0.3, -0.25) is 0 Å². The largest absolute Gasteiger partial charge is 0.350 e. The van der Waals surface area contributed by atoms with Gasteiger partial charge in [0.05, 0.1) is 13.2 Å². The predicted molar refractivity (Wildman–Crippen MR) is 70.1 cm³/mol. The lowest BCUT2D eigenvalue weighted by Gasteiger charge is -2.28. The molecule has 0 amide bonds. The second kappa shape index (κ2) is 6.36. The molecule has 0 aromatic rings. The molecule has 1 aliphatic rings. The van der Waals surface area contributed by atoms with Crippen LogP contribution in [0.3, 0.4) is 0 Å². The summed E-state index contributed by atoms with van der Waals surface area (Å²) >= 11 is 0. The fraction of sp³-hybridized carbons (Fsp3) is 0.923. The maximum atomic E-state index is 5.46. The number of nitrogens with zero attached hydrogens (tertiary/aromatic N) is 2. The van der Waals surface area contributed by atoms with E-state index >= 15 is 0 Å². The first-order chi connectivity index (χ1) is 7.89. The summed E-state index contributed by atoms with van der Waals surface area (Å²) in [6.45, 7) is 8.20. The molecule has 0 aromatic heterocycles. The van der Waals surface area contributed by atoms with Gasteiger partial charge in [-0.15, -0.1) is 0 Å². The van der Waals surface area contributed by atoms with E-state index < -0.39 is 0 Å². The predicted octanol–water partition coefficient (Wildman–Crippen LogP) is 2.35. The van der Waals surface area contributed by atoms with Crippen molar-refractivity contribution < 1.29 is 9.47 Å². The Kier molecular flexibility index (Phi) is 5.40. The first-order valence-electron chi connectivity index (χ1n) is 6.34. The van der Waals surface area contributed by atoms with Gasteiger partial charge in [0.25, 0.3) is 0 Å². The SMILES string of the molecule is CN(C)/N=C/C(CCC1OCCO1)C(C)(C)C. The zero-order valence-corrected chi connectivity index (χ0v) is 11.8. The minimum atomic E-state index is -0.00685. The summed E-state index contributed by atoms with van der Waals surface area (Å²) in [6, 6.07) is 0. The molecule has 0 N–H and O–H groups in total. The van der Waals surface area contributed by atoms with Crippen molar-refractivity contribution in [2.75, 3.05) is 27.3 Å². The molecule has 1 rings (SSSR count). The topological polar surface area (TPSA) is 34.1 Å². The average molecular weight is 242 g/mol. The van der Waals surface area contributed by atoms with Crippen LogP contribution in [0.15, 0.2) is 5.10 Å². The summed E-state index contributed by atoms with van der Waals surface area (Å²) in [6.07, 6.45) is 4.04. The van der Waals surface area contributed by atoms with Crippen LogP contribution in [0.2, 0.25) is 0 Å². The highest BCUT2D eigenvalue weighted by Gasteiger charge is 2.25. The Bertz CT molecular complexity index is 240. The van der Waals surface area contributed by atoms with Crippen LogP contribution in [0.1, 0.15) is 33.6 Å². The Labute approximate surface area is 105 Å². The Balaban J connectivity index is 2.45. The van der Waals surface area contributed by atoms with E-state index in [9.17, 15) is 0 Å². The molecule has 1 heterocycles. The lowest BCUT2D eigenvalue weighted by Crippen LogP contribution is -2.24. The standard InChI is InChI=1S/C13H26N2O2/c1-13(2,3)11(10-14-15(4)5)6-7-12-16-8-9-17-12/h10-12H,6-9H2,1-5H3/b14-10+. The first-order valence-corrected chi connectivity index (χ1v) is 6.34. The van der Waals surface area contributed by atoms with Gasteiger partial charge in [0.2, 0.25) is 0 Å². The zero-order valence-electron chi connectivity index (χ0n) is 11.8. The summed E-state index contributed by atoms with van der Waals surface area (Å²) in [5.74, 6) is 0.442. The van der Waals surface area contributed by atoms with Crippen molar-refractivity contribution in [3.8, 4) is 0 Å². The van der Waals surface area contributed by atoms with Gasteiger partial charge in [-0.05, 0) is 18.3 Å². The molecule has 0 saturated carbocycles. The summed E-state index contributed by atoms with van der Waals surface area (Å²) in [7, 11) is 3.89. The zero-order chi connectivity index (χ0) is 12.9. The minimum Gasteiger partial charge on any atom is -0.350 e. The van der Waals surface area contributed by atoms with Crippen LogP contribution in [0.4, 0.5) is 0 Å². The number of ether oxygens (including phenoxy) is 2. The number of hydrogen-bond donors (Lipinski definition) is 0. The lowest BCUT2D eigenvalue weighted by atomic mass is 9.79. The van der Waals surface area contributed by atoms with Crippen molar-refractivity contribution in [3.63, 3.8) is 0 Å². The third-order valence-corrected chi connectivity index (χ3v) is 2.99. The van der Waals surface area contributed by atoms with Crippen molar-refractivity contribution in [3.05, 3.63) is 0 Å².